The van der Waals surface area contributed by atoms with Crippen LogP contribution in [0.3, 0.4) is 0 Å². The van der Waals surface area contributed by atoms with Crippen molar-refractivity contribution in [2.75, 3.05) is 18.1 Å². The molecule has 1 heterocycles. The molecule has 0 bridgehead atoms. The lowest BCUT2D eigenvalue weighted by Gasteiger charge is -2.21. The van der Waals surface area contributed by atoms with E-state index in [1.165, 1.54) is 6.26 Å². The fourth-order valence-electron chi connectivity index (χ4n) is 1.66. The van der Waals surface area contributed by atoms with Gasteiger partial charge in [0.05, 0.1) is 24.4 Å². The lowest BCUT2D eigenvalue weighted by Crippen LogP contribution is -2.25. The number of ether oxygens (including phenoxy) is 1. The van der Waals surface area contributed by atoms with Crippen LogP contribution in [0.2, 0.25) is 0 Å². The lowest BCUT2D eigenvalue weighted by atomic mass is 10.0. The molecule has 0 amide bonds. The van der Waals surface area contributed by atoms with Crippen LogP contribution in [0.15, 0.2) is 12.8 Å². The molecule has 1 unspecified atom stereocenters. The van der Waals surface area contributed by atoms with E-state index in [0.29, 0.717) is 24.0 Å². The van der Waals surface area contributed by atoms with Gasteiger partial charge in [-0.25, -0.2) is 8.42 Å². The highest BCUT2D eigenvalue weighted by molar-refractivity contribution is 7.91. The summed E-state index contributed by atoms with van der Waals surface area (Å²) in [5.74, 6) is 0.998. The Morgan fingerprint density at radius 2 is 2.31 bits per heavy atom. The Labute approximate surface area is 79.7 Å². The standard InChI is InChI=1S/C9H16O3S/c1-2-12-6-5-9-4-3-7-13(10,11)8-9/h2,9H,1,3-8H2. The molecule has 13 heavy (non-hydrogen) atoms. The smallest absolute Gasteiger partial charge is 0.150 e. The zero-order valence-corrected chi connectivity index (χ0v) is 8.55. The van der Waals surface area contributed by atoms with Gasteiger partial charge < -0.3 is 4.74 Å². The van der Waals surface area contributed by atoms with Crippen LogP contribution in [0.5, 0.6) is 0 Å². The minimum atomic E-state index is -2.75. The van der Waals surface area contributed by atoms with Crippen LogP contribution in [0.25, 0.3) is 0 Å². The molecule has 0 spiro atoms. The second-order valence-electron chi connectivity index (χ2n) is 3.45. The van der Waals surface area contributed by atoms with Gasteiger partial charge in [-0.05, 0) is 25.2 Å². The van der Waals surface area contributed by atoms with Crippen LogP contribution in [0.4, 0.5) is 0 Å². The Kier molecular flexibility index (Phi) is 3.78. The molecule has 0 aromatic carbocycles. The summed E-state index contributed by atoms with van der Waals surface area (Å²) in [6.45, 7) is 4.02. The molecule has 1 aliphatic heterocycles. The molecule has 0 saturated carbocycles. The third kappa shape index (κ3) is 3.81. The van der Waals surface area contributed by atoms with Crippen LogP contribution in [-0.4, -0.2) is 26.5 Å². The van der Waals surface area contributed by atoms with Gasteiger partial charge >= 0.3 is 0 Å². The topological polar surface area (TPSA) is 43.4 Å². The molecule has 76 valence electrons. The molecule has 1 aliphatic rings. The van der Waals surface area contributed by atoms with Gasteiger partial charge in [0.25, 0.3) is 0 Å². The van der Waals surface area contributed by atoms with Crippen molar-refractivity contribution in [3.8, 4) is 0 Å². The van der Waals surface area contributed by atoms with E-state index in [1.807, 2.05) is 0 Å². The predicted octanol–water partition coefficient (Wildman–Crippen LogP) is 1.36. The Balaban J connectivity index is 2.30. The minimum absolute atomic E-state index is 0.290. The van der Waals surface area contributed by atoms with Crippen LogP contribution in [0.1, 0.15) is 19.3 Å². The van der Waals surface area contributed by atoms with Crippen molar-refractivity contribution in [2.45, 2.75) is 19.3 Å². The Hall–Kier alpha value is -0.510. The second kappa shape index (κ2) is 4.65. The zero-order chi connectivity index (χ0) is 9.73. The molecule has 1 fully saturated rings. The maximum Gasteiger partial charge on any atom is 0.150 e. The summed E-state index contributed by atoms with van der Waals surface area (Å²) in [7, 11) is -2.75. The van der Waals surface area contributed by atoms with Gasteiger partial charge in [0.15, 0.2) is 9.84 Å². The van der Waals surface area contributed by atoms with Crippen molar-refractivity contribution in [3.05, 3.63) is 12.8 Å². The molecule has 1 rings (SSSR count). The molecule has 0 radical (unpaired) electrons. The number of rotatable bonds is 4. The third-order valence-corrected chi connectivity index (χ3v) is 4.21. The molecular formula is C9H16O3S. The van der Waals surface area contributed by atoms with Crippen molar-refractivity contribution in [1.29, 1.82) is 0 Å². The van der Waals surface area contributed by atoms with Crippen molar-refractivity contribution >= 4 is 9.84 Å². The molecular weight excluding hydrogens is 188 g/mol. The Bertz CT molecular complexity index is 256. The summed E-state index contributed by atoms with van der Waals surface area (Å²) in [4.78, 5) is 0. The minimum Gasteiger partial charge on any atom is -0.502 e. The first kappa shape index (κ1) is 10.6. The SMILES string of the molecule is C=COCCC1CCCS(=O)(=O)C1. The fourth-order valence-corrected chi connectivity index (χ4v) is 3.49. The summed E-state index contributed by atoms with van der Waals surface area (Å²) < 4.78 is 27.4. The van der Waals surface area contributed by atoms with Crippen LogP contribution in [0, 0.1) is 5.92 Å². The van der Waals surface area contributed by atoms with Gasteiger partial charge in [-0.15, -0.1) is 0 Å². The molecule has 0 N–H and O–H groups in total. The summed E-state index contributed by atoms with van der Waals surface area (Å²) in [5.41, 5.74) is 0. The highest BCUT2D eigenvalue weighted by atomic mass is 32.2. The third-order valence-electron chi connectivity index (χ3n) is 2.32. The van der Waals surface area contributed by atoms with Gasteiger partial charge in [-0.3, -0.25) is 0 Å². The highest BCUT2D eigenvalue weighted by Gasteiger charge is 2.24. The average Bonchev–Trinajstić information content (AvgIpc) is 2.03. The van der Waals surface area contributed by atoms with E-state index < -0.39 is 9.84 Å². The normalized spacial score (nSPS) is 26.6. The predicted molar refractivity (Wildman–Crippen MR) is 52.1 cm³/mol. The summed E-state index contributed by atoms with van der Waals surface area (Å²) in [5, 5.41) is 0. The van der Waals surface area contributed by atoms with Crippen LogP contribution >= 0.6 is 0 Å². The lowest BCUT2D eigenvalue weighted by molar-refractivity contribution is 0.223. The molecule has 0 aromatic heterocycles. The fraction of sp³-hybridized carbons (Fsp3) is 0.778. The van der Waals surface area contributed by atoms with Gasteiger partial charge in [-0.1, -0.05) is 6.58 Å². The molecule has 1 atom stereocenters. The van der Waals surface area contributed by atoms with E-state index in [-0.39, 0.29) is 0 Å². The van der Waals surface area contributed by atoms with Gasteiger partial charge in [-0.2, -0.15) is 0 Å². The maximum atomic E-state index is 11.2. The van der Waals surface area contributed by atoms with Gasteiger partial charge in [0.2, 0.25) is 0 Å². The largest absolute Gasteiger partial charge is 0.502 e. The summed E-state index contributed by atoms with van der Waals surface area (Å²) in [6.07, 6.45) is 4.05. The van der Waals surface area contributed by atoms with E-state index in [0.717, 1.165) is 19.3 Å². The van der Waals surface area contributed by atoms with Gasteiger partial charge in [0, 0.05) is 0 Å². The number of hydrogen-bond donors (Lipinski definition) is 0. The Morgan fingerprint density at radius 3 is 2.92 bits per heavy atom. The first-order valence-electron chi connectivity index (χ1n) is 4.57. The van der Waals surface area contributed by atoms with Gasteiger partial charge in [0.1, 0.15) is 0 Å². The maximum absolute atomic E-state index is 11.2. The molecule has 4 heteroatoms. The molecule has 1 saturated heterocycles. The number of sulfone groups is 1. The van der Waals surface area contributed by atoms with Crippen molar-refractivity contribution < 1.29 is 13.2 Å². The van der Waals surface area contributed by atoms with E-state index >= 15 is 0 Å². The van der Waals surface area contributed by atoms with Crippen LogP contribution in [-0.2, 0) is 14.6 Å². The number of hydrogen-bond acceptors (Lipinski definition) is 3. The molecule has 0 aromatic rings. The van der Waals surface area contributed by atoms with Crippen molar-refractivity contribution in [1.82, 2.24) is 0 Å². The first-order chi connectivity index (χ1) is 6.14. The van der Waals surface area contributed by atoms with E-state index in [9.17, 15) is 8.42 Å². The quantitative estimate of drug-likeness (QED) is 0.513. The molecule has 0 aliphatic carbocycles. The highest BCUT2D eigenvalue weighted by Crippen LogP contribution is 2.21. The summed E-state index contributed by atoms with van der Waals surface area (Å²) in [6, 6.07) is 0. The van der Waals surface area contributed by atoms with E-state index in [1.54, 1.807) is 0 Å². The Morgan fingerprint density at radius 1 is 1.54 bits per heavy atom. The molecule has 3 nitrogen and oxygen atoms in total. The average molecular weight is 204 g/mol. The van der Waals surface area contributed by atoms with E-state index in [4.69, 9.17) is 4.74 Å². The van der Waals surface area contributed by atoms with E-state index in [2.05, 4.69) is 6.58 Å². The van der Waals surface area contributed by atoms with Crippen LogP contribution < -0.4 is 0 Å². The zero-order valence-electron chi connectivity index (χ0n) is 7.74. The summed E-state index contributed by atoms with van der Waals surface area (Å²) >= 11 is 0. The first-order valence-corrected chi connectivity index (χ1v) is 6.39. The monoisotopic (exact) mass is 204 g/mol. The second-order valence-corrected chi connectivity index (χ2v) is 5.68. The van der Waals surface area contributed by atoms with Crippen molar-refractivity contribution in [3.63, 3.8) is 0 Å². The van der Waals surface area contributed by atoms with Crippen molar-refractivity contribution in [2.24, 2.45) is 5.92 Å².